The Hall–Kier alpha value is -2.53. The third kappa shape index (κ3) is 5.23. The van der Waals surface area contributed by atoms with Gasteiger partial charge in [-0.2, -0.15) is 0 Å². The molecule has 1 N–H and O–H groups in total. The second-order valence-corrected chi connectivity index (χ2v) is 6.87. The Bertz CT molecular complexity index is 737. The number of anilines is 1. The van der Waals surface area contributed by atoms with Crippen molar-refractivity contribution in [1.82, 2.24) is 9.80 Å². The van der Waals surface area contributed by atoms with Crippen LogP contribution < -0.4 is 10.1 Å². The van der Waals surface area contributed by atoms with E-state index < -0.39 is 0 Å². The number of hydrogen-bond donors (Lipinski definition) is 1. The smallest absolute Gasteiger partial charge is 0.321 e. The van der Waals surface area contributed by atoms with Gasteiger partial charge in [0.1, 0.15) is 5.75 Å². The molecule has 2 amide bonds. The molecule has 1 heterocycles. The minimum atomic E-state index is 0.00528. The lowest BCUT2D eigenvalue weighted by atomic mass is 10.1. The molecule has 1 aliphatic heterocycles. The quantitative estimate of drug-likeness (QED) is 0.848. The fourth-order valence-corrected chi connectivity index (χ4v) is 3.40. The zero-order chi connectivity index (χ0) is 19.1. The molecule has 0 spiro atoms. The number of benzene rings is 2. The van der Waals surface area contributed by atoms with Crippen molar-refractivity contribution in [3.63, 3.8) is 0 Å². The van der Waals surface area contributed by atoms with Crippen LogP contribution in [-0.4, -0.2) is 55.7 Å². The summed E-state index contributed by atoms with van der Waals surface area (Å²) in [5, 5.41) is 3.07. The molecular weight excluding hydrogens is 338 g/mol. The molecule has 144 valence electrons. The van der Waals surface area contributed by atoms with Gasteiger partial charge in [0.2, 0.25) is 0 Å². The summed E-state index contributed by atoms with van der Waals surface area (Å²) in [6.45, 7) is 6.48. The predicted octanol–water partition coefficient (Wildman–Crippen LogP) is 3.65. The summed E-state index contributed by atoms with van der Waals surface area (Å²) in [6, 6.07) is 16.3. The molecule has 0 aromatic heterocycles. The maximum atomic E-state index is 12.6. The van der Waals surface area contributed by atoms with Gasteiger partial charge in [-0.1, -0.05) is 37.3 Å². The third-order valence-electron chi connectivity index (χ3n) is 5.18. The van der Waals surface area contributed by atoms with Gasteiger partial charge < -0.3 is 15.0 Å². The predicted molar refractivity (Wildman–Crippen MR) is 110 cm³/mol. The van der Waals surface area contributed by atoms with Crippen molar-refractivity contribution in [2.75, 3.05) is 45.2 Å². The number of rotatable bonds is 6. The maximum Gasteiger partial charge on any atom is 0.321 e. The number of hydrogen-bond acceptors (Lipinski definition) is 3. The summed E-state index contributed by atoms with van der Waals surface area (Å²) in [4.78, 5) is 16.9. The minimum absolute atomic E-state index is 0.00528. The molecule has 3 rings (SSSR count). The number of nitrogens with one attached hydrogen (secondary N) is 1. The number of piperazine rings is 1. The van der Waals surface area contributed by atoms with Crippen molar-refractivity contribution >= 4 is 11.7 Å². The topological polar surface area (TPSA) is 44.8 Å². The second kappa shape index (κ2) is 9.42. The maximum absolute atomic E-state index is 12.6. The van der Waals surface area contributed by atoms with Gasteiger partial charge in [-0.05, 0) is 42.2 Å². The first-order valence-corrected chi connectivity index (χ1v) is 9.68. The average Bonchev–Trinajstić information content (AvgIpc) is 2.73. The Morgan fingerprint density at radius 2 is 1.74 bits per heavy atom. The average molecular weight is 367 g/mol. The zero-order valence-electron chi connectivity index (χ0n) is 16.3. The minimum Gasteiger partial charge on any atom is -0.497 e. The summed E-state index contributed by atoms with van der Waals surface area (Å²) in [5.41, 5.74) is 3.41. The molecule has 0 radical (unpaired) electrons. The van der Waals surface area contributed by atoms with E-state index in [9.17, 15) is 4.79 Å². The Labute approximate surface area is 161 Å². The van der Waals surface area contributed by atoms with Crippen LogP contribution in [0.2, 0.25) is 0 Å². The lowest BCUT2D eigenvalue weighted by Gasteiger charge is -2.34. The fourth-order valence-electron chi connectivity index (χ4n) is 3.40. The molecule has 0 unspecified atom stereocenters. The van der Waals surface area contributed by atoms with Crippen LogP contribution in [0.3, 0.4) is 0 Å². The van der Waals surface area contributed by atoms with E-state index in [1.807, 2.05) is 35.2 Å². The normalized spacial score (nSPS) is 14.8. The van der Waals surface area contributed by atoms with E-state index in [4.69, 9.17) is 4.74 Å². The van der Waals surface area contributed by atoms with Crippen LogP contribution in [0, 0.1) is 0 Å². The number of carbonyl (C=O) groups is 1. The first-order chi connectivity index (χ1) is 13.2. The summed E-state index contributed by atoms with van der Waals surface area (Å²) in [7, 11) is 1.69. The summed E-state index contributed by atoms with van der Waals surface area (Å²) in [5.74, 6) is 0.892. The van der Waals surface area contributed by atoms with Crippen molar-refractivity contribution < 1.29 is 9.53 Å². The van der Waals surface area contributed by atoms with Gasteiger partial charge in [-0.25, -0.2) is 4.79 Å². The Morgan fingerprint density at radius 1 is 1.04 bits per heavy atom. The number of nitrogens with zero attached hydrogens (tertiary/aromatic N) is 2. The van der Waals surface area contributed by atoms with Crippen LogP contribution in [0.25, 0.3) is 0 Å². The van der Waals surface area contributed by atoms with Crippen LogP contribution in [0.1, 0.15) is 18.1 Å². The van der Waals surface area contributed by atoms with Gasteiger partial charge in [0.25, 0.3) is 0 Å². The number of methoxy groups -OCH3 is 1. The Morgan fingerprint density at radius 3 is 2.41 bits per heavy atom. The van der Waals surface area contributed by atoms with Crippen molar-refractivity contribution in [2.24, 2.45) is 0 Å². The highest BCUT2D eigenvalue weighted by Crippen LogP contribution is 2.17. The third-order valence-corrected chi connectivity index (χ3v) is 5.18. The molecule has 1 aliphatic rings. The number of amides is 2. The molecule has 1 fully saturated rings. The van der Waals surface area contributed by atoms with Crippen LogP contribution in [0.4, 0.5) is 10.5 Å². The van der Waals surface area contributed by atoms with E-state index in [0.29, 0.717) is 0 Å². The summed E-state index contributed by atoms with van der Waals surface area (Å²) in [6.07, 6.45) is 1.93. The van der Waals surface area contributed by atoms with E-state index in [1.54, 1.807) is 7.11 Å². The van der Waals surface area contributed by atoms with Crippen LogP contribution >= 0.6 is 0 Å². The number of urea groups is 1. The Balaban J connectivity index is 1.44. The molecule has 0 atom stereocenters. The number of aryl methyl sites for hydroxylation is 1. The van der Waals surface area contributed by atoms with Crippen LogP contribution in [0.15, 0.2) is 48.5 Å². The van der Waals surface area contributed by atoms with Crippen molar-refractivity contribution in [3.8, 4) is 5.75 Å². The molecule has 0 bridgehead atoms. The van der Waals surface area contributed by atoms with Crippen LogP contribution in [0.5, 0.6) is 5.75 Å². The molecule has 5 heteroatoms. The van der Waals surface area contributed by atoms with Crippen molar-refractivity contribution in [3.05, 3.63) is 59.7 Å². The number of carbonyl (C=O) groups excluding carboxylic acids is 1. The molecule has 5 nitrogen and oxygen atoms in total. The van der Waals surface area contributed by atoms with E-state index >= 15 is 0 Å². The van der Waals surface area contributed by atoms with Crippen molar-refractivity contribution in [1.29, 1.82) is 0 Å². The molecule has 27 heavy (non-hydrogen) atoms. The van der Waals surface area contributed by atoms with Crippen LogP contribution in [-0.2, 0) is 12.8 Å². The summed E-state index contributed by atoms with van der Waals surface area (Å²) >= 11 is 0. The van der Waals surface area contributed by atoms with Gasteiger partial charge >= 0.3 is 6.03 Å². The molecule has 0 aliphatic carbocycles. The highest BCUT2D eigenvalue weighted by molar-refractivity contribution is 5.90. The monoisotopic (exact) mass is 367 g/mol. The molecule has 2 aromatic rings. The second-order valence-electron chi connectivity index (χ2n) is 6.87. The first-order valence-electron chi connectivity index (χ1n) is 9.68. The van der Waals surface area contributed by atoms with Gasteiger partial charge in [0, 0.05) is 38.4 Å². The standard InChI is InChI=1S/C22H29N3O2/c1-3-19-6-4-5-7-21(19)23-22(26)25-16-14-24(15-17-25)13-12-18-8-10-20(27-2)11-9-18/h4-11H,3,12-17H2,1-2H3,(H,23,26). The van der Waals surface area contributed by atoms with Gasteiger partial charge in [0.15, 0.2) is 0 Å². The number of para-hydroxylation sites is 1. The van der Waals surface area contributed by atoms with Gasteiger partial charge in [0.05, 0.1) is 7.11 Å². The molecule has 0 saturated carbocycles. The van der Waals surface area contributed by atoms with Gasteiger partial charge in [-0.15, -0.1) is 0 Å². The van der Waals surface area contributed by atoms with E-state index in [2.05, 4.69) is 35.3 Å². The SMILES string of the molecule is CCc1ccccc1NC(=O)N1CCN(CCc2ccc(OC)cc2)CC1. The zero-order valence-corrected chi connectivity index (χ0v) is 16.3. The van der Waals surface area contributed by atoms with Crippen molar-refractivity contribution in [2.45, 2.75) is 19.8 Å². The lowest BCUT2D eigenvalue weighted by Crippen LogP contribution is -2.50. The summed E-state index contributed by atoms with van der Waals surface area (Å²) < 4.78 is 5.20. The van der Waals surface area contributed by atoms with E-state index in [1.165, 1.54) is 11.1 Å². The molecule has 2 aromatic carbocycles. The highest BCUT2D eigenvalue weighted by Gasteiger charge is 2.21. The van der Waals surface area contributed by atoms with E-state index in [0.717, 1.165) is 57.0 Å². The fraction of sp³-hybridized carbons (Fsp3) is 0.409. The molecular formula is C22H29N3O2. The first kappa shape index (κ1) is 19.2. The number of ether oxygens (including phenoxy) is 1. The lowest BCUT2D eigenvalue weighted by molar-refractivity contribution is 0.148. The Kier molecular flexibility index (Phi) is 6.71. The van der Waals surface area contributed by atoms with Gasteiger partial charge in [-0.3, -0.25) is 4.90 Å². The highest BCUT2D eigenvalue weighted by atomic mass is 16.5. The molecule has 1 saturated heterocycles. The van der Waals surface area contributed by atoms with E-state index in [-0.39, 0.29) is 6.03 Å². The largest absolute Gasteiger partial charge is 0.497 e.